The molecule has 0 radical (unpaired) electrons. The molecule has 0 aliphatic rings. The number of para-hydroxylation sites is 1. The molecule has 0 saturated carbocycles. The van der Waals surface area contributed by atoms with Crippen molar-refractivity contribution in [2.24, 2.45) is 0 Å². The van der Waals surface area contributed by atoms with E-state index in [2.05, 4.69) is 10.6 Å². The van der Waals surface area contributed by atoms with Crippen LogP contribution >= 0.6 is 0 Å². The highest BCUT2D eigenvalue weighted by atomic mass is 16.4. The largest absolute Gasteiger partial charge is 0.478 e. The molecule has 0 fully saturated rings. The number of anilines is 2. The number of nitrogen functional groups attached to an aromatic ring is 1. The quantitative estimate of drug-likeness (QED) is 0.580. The molecule has 1 aromatic rings. The SMILES string of the molecule is CC(C)NC(=O)CCNc1cccc(C(=O)O)c1N. The molecule has 104 valence electrons. The maximum atomic E-state index is 11.4. The molecule has 1 aromatic carbocycles. The lowest BCUT2D eigenvalue weighted by Gasteiger charge is -2.12. The number of rotatable bonds is 6. The Morgan fingerprint density at radius 1 is 1.37 bits per heavy atom. The summed E-state index contributed by atoms with van der Waals surface area (Å²) in [4.78, 5) is 22.3. The third-order valence-corrected chi connectivity index (χ3v) is 2.45. The molecule has 1 amide bonds. The summed E-state index contributed by atoms with van der Waals surface area (Å²) in [5.74, 6) is -1.13. The van der Waals surface area contributed by atoms with Gasteiger partial charge in [0.2, 0.25) is 5.91 Å². The highest BCUT2D eigenvalue weighted by molar-refractivity contribution is 5.97. The van der Waals surface area contributed by atoms with Crippen molar-refractivity contribution >= 4 is 23.3 Å². The number of hydrogen-bond acceptors (Lipinski definition) is 4. The van der Waals surface area contributed by atoms with E-state index in [9.17, 15) is 9.59 Å². The number of amides is 1. The topological polar surface area (TPSA) is 104 Å². The predicted octanol–water partition coefficient (Wildman–Crippen LogP) is 1.29. The van der Waals surface area contributed by atoms with E-state index in [0.717, 1.165) is 0 Å². The molecule has 0 aromatic heterocycles. The molecule has 6 nitrogen and oxygen atoms in total. The molecular formula is C13H19N3O3. The number of hydrogen-bond donors (Lipinski definition) is 4. The first-order chi connectivity index (χ1) is 8.91. The molecule has 0 saturated heterocycles. The third kappa shape index (κ3) is 4.50. The van der Waals surface area contributed by atoms with Gasteiger partial charge in [0.15, 0.2) is 0 Å². The molecule has 0 spiro atoms. The van der Waals surface area contributed by atoms with Crippen molar-refractivity contribution < 1.29 is 14.7 Å². The molecule has 19 heavy (non-hydrogen) atoms. The van der Waals surface area contributed by atoms with Crippen molar-refractivity contribution in [1.29, 1.82) is 0 Å². The molecular weight excluding hydrogens is 246 g/mol. The van der Waals surface area contributed by atoms with Crippen LogP contribution < -0.4 is 16.4 Å². The van der Waals surface area contributed by atoms with Crippen LogP contribution in [-0.2, 0) is 4.79 Å². The maximum Gasteiger partial charge on any atom is 0.337 e. The van der Waals surface area contributed by atoms with E-state index in [4.69, 9.17) is 10.8 Å². The smallest absolute Gasteiger partial charge is 0.337 e. The van der Waals surface area contributed by atoms with Gasteiger partial charge in [-0.25, -0.2) is 4.79 Å². The molecule has 0 atom stereocenters. The highest BCUT2D eigenvalue weighted by Gasteiger charge is 2.11. The van der Waals surface area contributed by atoms with Gasteiger partial charge in [-0.05, 0) is 26.0 Å². The van der Waals surface area contributed by atoms with Crippen LogP contribution in [0.3, 0.4) is 0 Å². The summed E-state index contributed by atoms with van der Waals surface area (Å²) in [6.07, 6.45) is 0.301. The lowest BCUT2D eigenvalue weighted by Crippen LogP contribution is -2.31. The van der Waals surface area contributed by atoms with Gasteiger partial charge in [-0.3, -0.25) is 4.79 Å². The number of benzene rings is 1. The van der Waals surface area contributed by atoms with E-state index in [1.165, 1.54) is 6.07 Å². The van der Waals surface area contributed by atoms with Gasteiger partial charge in [-0.2, -0.15) is 0 Å². The molecule has 0 aliphatic heterocycles. The third-order valence-electron chi connectivity index (χ3n) is 2.45. The van der Waals surface area contributed by atoms with Crippen LogP contribution in [0.2, 0.25) is 0 Å². The first-order valence-electron chi connectivity index (χ1n) is 6.07. The summed E-state index contributed by atoms with van der Waals surface area (Å²) in [7, 11) is 0. The summed E-state index contributed by atoms with van der Waals surface area (Å²) in [5, 5.41) is 14.7. The second-order valence-electron chi connectivity index (χ2n) is 4.47. The van der Waals surface area contributed by atoms with Crippen LogP contribution in [0.5, 0.6) is 0 Å². The summed E-state index contributed by atoms with van der Waals surface area (Å²) >= 11 is 0. The molecule has 1 rings (SSSR count). The molecule has 6 heteroatoms. The number of nitrogens with one attached hydrogen (secondary N) is 2. The van der Waals surface area contributed by atoms with Crippen LogP contribution in [0.4, 0.5) is 11.4 Å². The summed E-state index contributed by atoms with van der Waals surface area (Å²) in [6, 6.07) is 4.83. The van der Waals surface area contributed by atoms with Gasteiger partial charge in [-0.15, -0.1) is 0 Å². The zero-order chi connectivity index (χ0) is 14.4. The Balaban J connectivity index is 2.57. The van der Waals surface area contributed by atoms with Crippen LogP contribution in [0.25, 0.3) is 0 Å². The molecule has 5 N–H and O–H groups in total. The van der Waals surface area contributed by atoms with Crippen molar-refractivity contribution in [1.82, 2.24) is 5.32 Å². The average molecular weight is 265 g/mol. The lowest BCUT2D eigenvalue weighted by molar-refractivity contribution is -0.121. The number of carboxylic acid groups (broad SMARTS) is 1. The first-order valence-corrected chi connectivity index (χ1v) is 6.07. The summed E-state index contributed by atoms with van der Waals surface area (Å²) < 4.78 is 0. The zero-order valence-corrected chi connectivity index (χ0v) is 11.1. The summed E-state index contributed by atoms with van der Waals surface area (Å²) in [6.45, 7) is 4.17. The van der Waals surface area contributed by atoms with Gasteiger partial charge >= 0.3 is 5.97 Å². The van der Waals surface area contributed by atoms with Gasteiger partial charge in [0.05, 0.1) is 16.9 Å². The normalized spacial score (nSPS) is 10.3. The fraction of sp³-hybridized carbons (Fsp3) is 0.385. The van der Waals surface area contributed by atoms with Crippen molar-refractivity contribution in [2.75, 3.05) is 17.6 Å². The molecule has 0 aliphatic carbocycles. The fourth-order valence-corrected chi connectivity index (χ4v) is 1.61. The van der Waals surface area contributed by atoms with Gasteiger partial charge in [-0.1, -0.05) is 6.07 Å². The second-order valence-corrected chi connectivity index (χ2v) is 4.47. The van der Waals surface area contributed by atoms with Crippen LogP contribution in [0.1, 0.15) is 30.6 Å². The van der Waals surface area contributed by atoms with Gasteiger partial charge < -0.3 is 21.5 Å². The first kappa shape index (κ1) is 14.8. The number of carbonyl (C=O) groups is 2. The van der Waals surface area contributed by atoms with E-state index in [0.29, 0.717) is 18.7 Å². The van der Waals surface area contributed by atoms with E-state index < -0.39 is 5.97 Å². The predicted molar refractivity (Wildman–Crippen MR) is 74.2 cm³/mol. The minimum absolute atomic E-state index is 0.0524. The maximum absolute atomic E-state index is 11.4. The van der Waals surface area contributed by atoms with Gasteiger partial charge in [0.1, 0.15) is 0 Å². The molecule has 0 unspecified atom stereocenters. The fourth-order valence-electron chi connectivity index (χ4n) is 1.61. The Kier molecular flexibility index (Phi) is 5.17. The Morgan fingerprint density at radius 3 is 2.63 bits per heavy atom. The van der Waals surface area contributed by atoms with Crippen molar-refractivity contribution in [3.05, 3.63) is 23.8 Å². The number of aromatic carboxylic acids is 1. The van der Waals surface area contributed by atoms with E-state index in [1.807, 2.05) is 13.8 Å². The zero-order valence-electron chi connectivity index (χ0n) is 11.1. The molecule has 0 bridgehead atoms. The molecule has 0 heterocycles. The number of nitrogens with two attached hydrogens (primary N) is 1. The summed E-state index contributed by atoms with van der Waals surface area (Å²) in [5.41, 5.74) is 6.50. The average Bonchev–Trinajstić information content (AvgIpc) is 2.30. The highest BCUT2D eigenvalue weighted by Crippen LogP contribution is 2.22. The van der Waals surface area contributed by atoms with Crippen LogP contribution in [0, 0.1) is 0 Å². The van der Waals surface area contributed by atoms with Crippen LogP contribution in [-0.4, -0.2) is 29.6 Å². The van der Waals surface area contributed by atoms with E-state index in [-0.39, 0.29) is 23.2 Å². The lowest BCUT2D eigenvalue weighted by atomic mass is 10.1. The van der Waals surface area contributed by atoms with Gasteiger partial charge in [0, 0.05) is 19.0 Å². The van der Waals surface area contributed by atoms with Crippen molar-refractivity contribution in [3.63, 3.8) is 0 Å². The van der Waals surface area contributed by atoms with Crippen molar-refractivity contribution in [2.45, 2.75) is 26.3 Å². The monoisotopic (exact) mass is 265 g/mol. The Morgan fingerprint density at radius 2 is 2.05 bits per heavy atom. The Hall–Kier alpha value is -2.24. The van der Waals surface area contributed by atoms with Crippen molar-refractivity contribution in [3.8, 4) is 0 Å². The number of carbonyl (C=O) groups excluding carboxylic acids is 1. The van der Waals surface area contributed by atoms with Gasteiger partial charge in [0.25, 0.3) is 0 Å². The standard InChI is InChI=1S/C13H19N3O3/c1-8(2)16-11(17)6-7-15-10-5-3-4-9(12(10)14)13(18)19/h3-5,8,15H,6-7,14H2,1-2H3,(H,16,17)(H,18,19). The Bertz CT molecular complexity index is 472. The Labute approximate surface area is 112 Å². The van der Waals surface area contributed by atoms with E-state index in [1.54, 1.807) is 12.1 Å². The number of carboxylic acids is 1. The minimum atomic E-state index is -1.07. The second kappa shape index (κ2) is 6.63. The van der Waals surface area contributed by atoms with Crippen LogP contribution in [0.15, 0.2) is 18.2 Å². The minimum Gasteiger partial charge on any atom is -0.478 e. The van der Waals surface area contributed by atoms with E-state index >= 15 is 0 Å².